The lowest BCUT2D eigenvalue weighted by molar-refractivity contribution is 0.0475. The molecule has 1 aromatic heterocycles. The molecule has 162 valence electrons. The molecular formula is C25H21NO5S. The number of fused-ring (bicyclic) bond motifs is 1. The molecule has 0 aliphatic heterocycles. The third kappa shape index (κ3) is 4.78. The van der Waals surface area contributed by atoms with E-state index in [1.54, 1.807) is 12.1 Å². The number of H-pyrrole nitrogens is 1. The van der Waals surface area contributed by atoms with Crippen molar-refractivity contribution < 1.29 is 22.7 Å². The van der Waals surface area contributed by atoms with E-state index >= 15 is 0 Å². The highest BCUT2D eigenvalue weighted by Gasteiger charge is 2.21. The number of rotatable bonds is 7. The van der Waals surface area contributed by atoms with Crippen LogP contribution < -0.4 is 0 Å². The predicted molar refractivity (Wildman–Crippen MR) is 123 cm³/mol. The first-order valence-corrected chi connectivity index (χ1v) is 12.0. The zero-order chi connectivity index (χ0) is 22.7. The van der Waals surface area contributed by atoms with Crippen molar-refractivity contribution in [3.8, 4) is 11.3 Å². The van der Waals surface area contributed by atoms with E-state index in [4.69, 9.17) is 4.74 Å². The number of esters is 1. The number of sulfone groups is 1. The summed E-state index contributed by atoms with van der Waals surface area (Å²) in [4.78, 5) is 28.8. The molecule has 0 aliphatic rings. The van der Waals surface area contributed by atoms with Crippen molar-refractivity contribution >= 4 is 32.5 Å². The lowest BCUT2D eigenvalue weighted by Crippen LogP contribution is -2.15. The zero-order valence-electron chi connectivity index (χ0n) is 17.4. The number of ether oxygens (including phenoxy) is 1. The molecule has 0 saturated carbocycles. The van der Waals surface area contributed by atoms with Gasteiger partial charge in [0, 0.05) is 17.2 Å². The van der Waals surface area contributed by atoms with Gasteiger partial charge in [-0.3, -0.25) is 4.79 Å². The van der Waals surface area contributed by atoms with Crippen molar-refractivity contribution in [2.75, 3.05) is 12.9 Å². The molecule has 1 heterocycles. The Morgan fingerprint density at radius 2 is 1.53 bits per heavy atom. The second-order valence-electron chi connectivity index (χ2n) is 7.55. The van der Waals surface area contributed by atoms with Crippen molar-refractivity contribution in [3.63, 3.8) is 0 Å². The molecule has 4 rings (SSSR count). The van der Waals surface area contributed by atoms with Gasteiger partial charge in [0.1, 0.15) is 0 Å². The first-order valence-electron chi connectivity index (χ1n) is 9.95. The van der Waals surface area contributed by atoms with E-state index in [2.05, 4.69) is 4.98 Å². The Balaban J connectivity index is 1.54. The number of para-hydroxylation sites is 1. The zero-order valence-corrected chi connectivity index (χ0v) is 18.2. The summed E-state index contributed by atoms with van der Waals surface area (Å²) in [6, 6.07) is 23.1. The average molecular weight is 448 g/mol. The van der Waals surface area contributed by atoms with Crippen LogP contribution in [0.5, 0.6) is 0 Å². The van der Waals surface area contributed by atoms with Gasteiger partial charge < -0.3 is 9.72 Å². The number of benzene rings is 3. The van der Waals surface area contributed by atoms with Crippen LogP contribution >= 0.6 is 0 Å². The Kier molecular flexibility index (Phi) is 5.92. The molecule has 0 spiro atoms. The standard InChI is InChI=1S/C25H21NO5S/c1-32(29,30)16-17-11-13-19(14-12-17)25(28)31-15-22(27)23-20-9-5-6-10-21(20)26-24(23)18-7-3-2-4-8-18/h2-14,26H,15-16H2,1H3. The number of aromatic amines is 1. The van der Waals surface area contributed by atoms with Crippen molar-refractivity contribution in [1.29, 1.82) is 0 Å². The van der Waals surface area contributed by atoms with E-state index < -0.39 is 22.4 Å². The van der Waals surface area contributed by atoms with Gasteiger partial charge in [-0.05, 0) is 29.3 Å². The topological polar surface area (TPSA) is 93.3 Å². The summed E-state index contributed by atoms with van der Waals surface area (Å²) in [6.45, 7) is -0.411. The number of hydrogen-bond donors (Lipinski definition) is 1. The summed E-state index contributed by atoms with van der Waals surface area (Å²) in [7, 11) is -3.17. The molecule has 0 radical (unpaired) electrons. The van der Waals surface area contributed by atoms with Gasteiger partial charge in [-0.15, -0.1) is 0 Å². The number of carbonyl (C=O) groups excluding carboxylic acids is 2. The van der Waals surface area contributed by atoms with Crippen LogP contribution in [0.1, 0.15) is 26.3 Å². The Morgan fingerprint density at radius 1 is 0.875 bits per heavy atom. The molecule has 32 heavy (non-hydrogen) atoms. The lowest BCUT2D eigenvalue weighted by Gasteiger charge is -2.07. The van der Waals surface area contributed by atoms with Gasteiger partial charge in [-0.2, -0.15) is 0 Å². The summed E-state index contributed by atoms with van der Waals surface area (Å²) in [5, 5.41) is 0.762. The second kappa shape index (κ2) is 8.80. The van der Waals surface area contributed by atoms with Crippen LogP contribution in [0.15, 0.2) is 78.9 Å². The first-order chi connectivity index (χ1) is 15.3. The highest BCUT2D eigenvalue weighted by atomic mass is 32.2. The Labute approximate surface area is 185 Å². The normalized spacial score (nSPS) is 11.4. The van der Waals surface area contributed by atoms with Crippen molar-refractivity contribution in [1.82, 2.24) is 4.98 Å². The largest absolute Gasteiger partial charge is 0.454 e. The molecular weight excluding hydrogens is 426 g/mol. The third-order valence-electron chi connectivity index (χ3n) is 5.00. The summed E-state index contributed by atoms with van der Waals surface area (Å²) in [6.07, 6.45) is 1.15. The van der Waals surface area contributed by atoms with Gasteiger partial charge in [0.25, 0.3) is 0 Å². The Hall–Kier alpha value is -3.71. The predicted octanol–water partition coefficient (Wildman–Crippen LogP) is 4.42. The molecule has 7 heteroatoms. The van der Waals surface area contributed by atoms with E-state index in [0.29, 0.717) is 16.8 Å². The molecule has 0 amide bonds. The highest BCUT2D eigenvalue weighted by Crippen LogP contribution is 2.30. The van der Waals surface area contributed by atoms with Crippen molar-refractivity contribution in [3.05, 3.63) is 95.6 Å². The van der Waals surface area contributed by atoms with E-state index in [9.17, 15) is 18.0 Å². The van der Waals surface area contributed by atoms with Gasteiger partial charge in [0.05, 0.1) is 22.6 Å². The Morgan fingerprint density at radius 3 is 2.22 bits per heavy atom. The fourth-order valence-corrected chi connectivity index (χ4v) is 4.38. The fourth-order valence-electron chi connectivity index (χ4n) is 3.58. The van der Waals surface area contributed by atoms with Gasteiger partial charge in [-0.25, -0.2) is 13.2 Å². The molecule has 0 bridgehead atoms. The molecule has 1 N–H and O–H groups in total. The summed E-state index contributed by atoms with van der Waals surface area (Å²) >= 11 is 0. The number of carbonyl (C=O) groups is 2. The molecule has 0 saturated heterocycles. The molecule has 0 aliphatic carbocycles. The molecule has 0 unspecified atom stereocenters. The van der Waals surface area contributed by atoms with Gasteiger partial charge in [-0.1, -0.05) is 60.7 Å². The summed E-state index contributed by atoms with van der Waals surface area (Å²) in [5.41, 5.74) is 3.66. The van der Waals surface area contributed by atoms with Crippen LogP contribution in [-0.4, -0.2) is 38.0 Å². The Bertz CT molecular complexity index is 1390. The van der Waals surface area contributed by atoms with Crippen LogP contribution in [0, 0.1) is 0 Å². The SMILES string of the molecule is CS(=O)(=O)Cc1ccc(C(=O)OCC(=O)c2c(-c3ccccc3)[nH]c3ccccc23)cc1. The van der Waals surface area contributed by atoms with Crippen molar-refractivity contribution in [2.24, 2.45) is 0 Å². The maximum Gasteiger partial charge on any atom is 0.338 e. The lowest BCUT2D eigenvalue weighted by atomic mass is 10.0. The van der Waals surface area contributed by atoms with Gasteiger partial charge in [0.2, 0.25) is 5.78 Å². The molecule has 6 nitrogen and oxygen atoms in total. The first kappa shape index (κ1) is 21.5. The minimum absolute atomic E-state index is 0.107. The number of Topliss-reactive ketones (excluding diaryl/α,β-unsaturated/α-hetero) is 1. The average Bonchev–Trinajstić information content (AvgIpc) is 3.17. The molecule has 0 atom stereocenters. The van der Waals surface area contributed by atoms with E-state index in [-0.39, 0.29) is 17.1 Å². The fraction of sp³-hybridized carbons (Fsp3) is 0.120. The van der Waals surface area contributed by atoms with E-state index in [1.165, 1.54) is 12.1 Å². The van der Waals surface area contributed by atoms with Crippen molar-refractivity contribution in [2.45, 2.75) is 5.75 Å². The van der Waals surface area contributed by atoms with E-state index in [0.717, 1.165) is 22.7 Å². The smallest absolute Gasteiger partial charge is 0.338 e. The maximum atomic E-state index is 13.1. The van der Waals surface area contributed by atoms with Crippen LogP contribution in [0.4, 0.5) is 0 Å². The number of hydrogen-bond acceptors (Lipinski definition) is 5. The summed E-state index contributed by atoms with van der Waals surface area (Å²) in [5.74, 6) is -1.07. The minimum Gasteiger partial charge on any atom is -0.454 e. The van der Waals surface area contributed by atoms with Crippen LogP contribution in [0.3, 0.4) is 0 Å². The molecule has 3 aromatic carbocycles. The quantitative estimate of drug-likeness (QED) is 0.334. The number of nitrogens with one attached hydrogen (secondary N) is 1. The minimum atomic E-state index is -3.17. The van der Waals surface area contributed by atoms with Crippen LogP contribution in [0.25, 0.3) is 22.2 Å². The third-order valence-corrected chi connectivity index (χ3v) is 5.86. The second-order valence-corrected chi connectivity index (χ2v) is 9.69. The molecule has 0 fully saturated rings. The monoisotopic (exact) mass is 447 g/mol. The van der Waals surface area contributed by atoms with Gasteiger partial charge >= 0.3 is 5.97 Å². The highest BCUT2D eigenvalue weighted by molar-refractivity contribution is 7.89. The summed E-state index contributed by atoms with van der Waals surface area (Å²) < 4.78 is 28.1. The maximum absolute atomic E-state index is 13.1. The molecule has 4 aromatic rings. The van der Waals surface area contributed by atoms with Gasteiger partial charge in [0.15, 0.2) is 16.4 Å². The van der Waals surface area contributed by atoms with Crippen LogP contribution in [-0.2, 0) is 20.3 Å². The number of ketones is 1. The van der Waals surface area contributed by atoms with E-state index in [1.807, 2.05) is 54.6 Å². The van der Waals surface area contributed by atoms with Crippen LogP contribution in [0.2, 0.25) is 0 Å². The number of aromatic nitrogens is 1.